The lowest BCUT2D eigenvalue weighted by molar-refractivity contribution is -0.301. The monoisotopic (exact) mass is 325 g/mol. The molecule has 0 aliphatic heterocycles. The molecule has 0 bridgehead atoms. The molecular formula is C17H13N2O3S-. The van der Waals surface area contributed by atoms with Gasteiger partial charge in [0.2, 0.25) is 0 Å². The van der Waals surface area contributed by atoms with Crippen molar-refractivity contribution >= 4 is 28.6 Å². The van der Waals surface area contributed by atoms with Gasteiger partial charge < -0.3 is 9.90 Å². The molecule has 5 nitrogen and oxygen atoms in total. The fourth-order valence-electron chi connectivity index (χ4n) is 2.25. The second-order valence-corrected chi connectivity index (χ2v) is 5.99. The average Bonchev–Trinajstić information content (AvgIpc) is 2.54. The minimum Gasteiger partial charge on any atom is -0.549 e. The minimum atomic E-state index is -1.20. The van der Waals surface area contributed by atoms with E-state index in [9.17, 15) is 14.7 Å². The lowest BCUT2D eigenvalue weighted by Gasteiger charge is -2.13. The second kappa shape index (κ2) is 6.26. The van der Waals surface area contributed by atoms with E-state index in [0.29, 0.717) is 21.7 Å². The first kappa shape index (κ1) is 15.3. The largest absolute Gasteiger partial charge is 0.549 e. The van der Waals surface area contributed by atoms with Crippen LogP contribution in [0.3, 0.4) is 0 Å². The average molecular weight is 325 g/mol. The zero-order valence-electron chi connectivity index (χ0n) is 12.4. The third-order valence-electron chi connectivity index (χ3n) is 3.36. The van der Waals surface area contributed by atoms with Gasteiger partial charge in [-0.1, -0.05) is 41.6 Å². The van der Waals surface area contributed by atoms with Gasteiger partial charge in [0.15, 0.2) is 5.16 Å². The summed E-state index contributed by atoms with van der Waals surface area (Å²) in [6, 6.07) is 14.4. The van der Waals surface area contributed by atoms with Crippen LogP contribution in [-0.2, 0) is 4.79 Å². The number of rotatable bonds is 4. The Morgan fingerprint density at radius 3 is 2.57 bits per heavy atom. The molecule has 2 aromatic carbocycles. The van der Waals surface area contributed by atoms with Gasteiger partial charge >= 0.3 is 0 Å². The fraction of sp³-hybridized carbons (Fsp3) is 0.118. The molecule has 0 N–H and O–H groups in total. The molecule has 0 aliphatic carbocycles. The molecule has 0 fully saturated rings. The lowest BCUT2D eigenvalue weighted by atomic mass is 10.2. The van der Waals surface area contributed by atoms with Crippen molar-refractivity contribution in [3.63, 3.8) is 0 Å². The predicted octanol–water partition coefficient (Wildman–Crippen LogP) is 1.54. The van der Waals surface area contributed by atoms with Crippen molar-refractivity contribution in [1.82, 2.24) is 9.55 Å². The molecule has 0 saturated heterocycles. The summed E-state index contributed by atoms with van der Waals surface area (Å²) in [6.07, 6.45) is 0. The van der Waals surface area contributed by atoms with E-state index in [1.54, 1.807) is 24.3 Å². The first-order valence-electron chi connectivity index (χ1n) is 6.98. The smallest absolute Gasteiger partial charge is 0.266 e. The number of aliphatic carboxylic acids is 1. The summed E-state index contributed by atoms with van der Waals surface area (Å²) in [5.41, 5.74) is 2.04. The summed E-state index contributed by atoms with van der Waals surface area (Å²) in [7, 11) is 0. The van der Waals surface area contributed by atoms with Crippen LogP contribution in [0, 0.1) is 6.92 Å². The van der Waals surface area contributed by atoms with Crippen LogP contribution in [0.1, 0.15) is 5.56 Å². The van der Waals surface area contributed by atoms with Crippen molar-refractivity contribution in [2.24, 2.45) is 0 Å². The van der Waals surface area contributed by atoms with Crippen LogP contribution >= 0.6 is 11.8 Å². The third-order valence-corrected chi connectivity index (χ3v) is 4.27. The molecule has 3 rings (SSSR count). The zero-order chi connectivity index (χ0) is 16.4. The number of hydrogen-bond acceptors (Lipinski definition) is 5. The van der Waals surface area contributed by atoms with E-state index in [-0.39, 0.29) is 11.3 Å². The molecule has 0 atom stereocenters. The minimum absolute atomic E-state index is 0.222. The van der Waals surface area contributed by atoms with E-state index >= 15 is 0 Å². The maximum atomic E-state index is 12.8. The first-order valence-corrected chi connectivity index (χ1v) is 7.96. The van der Waals surface area contributed by atoms with Crippen molar-refractivity contribution in [3.05, 3.63) is 64.4 Å². The van der Waals surface area contributed by atoms with Gasteiger partial charge in [0.25, 0.3) is 5.56 Å². The number of fused-ring (bicyclic) bond motifs is 1. The molecule has 0 amide bonds. The third kappa shape index (κ3) is 3.12. The van der Waals surface area contributed by atoms with Crippen molar-refractivity contribution in [3.8, 4) is 5.69 Å². The Kier molecular flexibility index (Phi) is 4.16. The Labute approximate surface area is 136 Å². The Morgan fingerprint density at radius 1 is 1.17 bits per heavy atom. The Bertz CT molecular complexity index is 933. The van der Waals surface area contributed by atoms with Crippen LogP contribution in [0.5, 0.6) is 0 Å². The van der Waals surface area contributed by atoms with Crippen molar-refractivity contribution in [1.29, 1.82) is 0 Å². The van der Waals surface area contributed by atoms with E-state index in [4.69, 9.17) is 0 Å². The predicted molar refractivity (Wildman–Crippen MR) is 87.8 cm³/mol. The number of carbonyl (C=O) groups is 1. The maximum Gasteiger partial charge on any atom is 0.266 e. The van der Waals surface area contributed by atoms with Crippen LogP contribution in [-0.4, -0.2) is 21.3 Å². The van der Waals surface area contributed by atoms with Crippen molar-refractivity contribution < 1.29 is 9.90 Å². The molecule has 0 radical (unpaired) electrons. The van der Waals surface area contributed by atoms with Crippen LogP contribution in [0.2, 0.25) is 0 Å². The molecule has 23 heavy (non-hydrogen) atoms. The highest BCUT2D eigenvalue weighted by Gasteiger charge is 2.13. The molecule has 116 valence electrons. The van der Waals surface area contributed by atoms with Crippen LogP contribution in [0.25, 0.3) is 16.6 Å². The topological polar surface area (TPSA) is 75.0 Å². The Morgan fingerprint density at radius 2 is 1.87 bits per heavy atom. The van der Waals surface area contributed by atoms with Gasteiger partial charge in [-0.3, -0.25) is 9.36 Å². The maximum absolute atomic E-state index is 12.8. The molecule has 3 aromatic rings. The highest BCUT2D eigenvalue weighted by Crippen LogP contribution is 2.21. The number of aromatic nitrogens is 2. The first-order chi connectivity index (χ1) is 11.1. The molecule has 0 saturated carbocycles. The van der Waals surface area contributed by atoms with Crippen molar-refractivity contribution in [2.75, 3.05) is 5.75 Å². The molecule has 6 heteroatoms. The highest BCUT2D eigenvalue weighted by molar-refractivity contribution is 7.99. The molecule has 0 unspecified atom stereocenters. The van der Waals surface area contributed by atoms with Gasteiger partial charge in [0.1, 0.15) is 0 Å². The summed E-state index contributed by atoms with van der Waals surface area (Å²) in [4.78, 5) is 28.0. The number of thioether (sulfide) groups is 1. The van der Waals surface area contributed by atoms with Gasteiger partial charge in [-0.05, 0) is 31.2 Å². The number of aryl methyl sites for hydroxylation is 1. The molecular weight excluding hydrogens is 312 g/mol. The number of nitrogens with zero attached hydrogens (tertiary/aromatic N) is 2. The summed E-state index contributed by atoms with van der Waals surface area (Å²) in [5, 5.41) is 11.6. The molecule has 0 spiro atoms. The number of carboxylic acids is 1. The zero-order valence-corrected chi connectivity index (χ0v) is 13.2. The van der Waals surface area contributed by atoms with Gasteiger partial charge in [0, 0.05) is 5.75 Å². The lowest BCUT2D eigenvalue weighted by Crippen LogP contribution is -2.26. The molecule has 1 heterocycles. The number of carboxylic acid groups (broad SMARTS) is 1. The summed E-state index contributed by atoms with van der Waals surface area (Å²) < 4.78 is 1.44. The highest BCUT2D eigenvalue weighted by atomic mass is 32.2. The number of para-hydroxylation sites is 1. The van der Waals surface area contributed by atoms with E-state index < -0.39 is 5.97 Å². The Balaban J connectivity index is 2.25. The van der Waals surface area contributed by atoms with Crippen LogP contribution < -0.4 is 10.7 Å². The van der Waals surface area contributed by atoms with Crippen LogP contribution in [0.4, 0.5) is 0 Å². The fourth-order valence-corrected chi connectivity index (χ4v) is 2.98. The number of carbonyl (C=O) groups excluding carboxylic acids is 1. The molecule has 0 aliphatic rings. The van der Waals surface area contributed by atoms with E-state index in [2.05, 4.69) is 4.98 Å². The van der Waals surface area contributed by atoms with Gasteiger partial charge in [-0.15, -0.1) is 0 Å². The quantitative estimate of drug-likeness (QED) is 0.537. The summed E-state index contributed by atoms with van der Waals surface area (Å²) >= 11 is 0.973. The van der Waals surface area contributed by atoms with E-state index in [0.717, 1.165) is 17.3 Å². The molecule has 1 aromatic heterocycles. The SMILES string of the molecule is Cc1ccc(-n2c(SCC(=O)[O-])nc3ccccc3c2=O)cc1. The van der Waals surface area contributed by atoms with Crippen LogP contribution in [0.15, 0.2) is 58.5 Å². The Hall–Kier alpha value is -2.60. The standard InChI is InChI=1S/C17H14N2O3S/c1-11-6-8-12(9-7-11)19-16(22)13-4-2-3-5-14(13)18-17(19)23-10-15(20)21/h2-9H,10H2,1H3,(H,20,21)/p-1. The van der Waals surface area contributed by atoms with Crippen molar-refractivity contribution in [2.45, 2.75) is 12.1 Å². The van der Waals surface area contributed by atoms with E-state index in [1.807, 2.05) is 31.2 Å². The summed E-state index contributed by atoms with van der Waals surface area (Å²) in [5.74, 6) is -1.47. The van der Waals surface area contributed by atoms with E-state index in [1.165, 1.54) is 4.57 Å². The normalized spacial score (nSPS) is 10.8. The van der Waals surface area contributed by atoms with Gasteiger partial charge in [-0.25, -0.2) is 4.98 Å². The number of benzene rings is 2. The van der Waals surface area contributed by atoms with Gasteiger partial charge in [0.05, 0.1) is 22.6 Å². The summed E-state index contributed by atoms with van der Waals surface area (Å²) in [6.45, 7) is 1.96. The second-order valence-electron chi connectivity index (χ2n) is 5.05. The number of hydrogen-bond donors (Lipinski definition) is 0. The van der Waals surface area contributed by atoms with Gasteiger partial charge in [-0.2, -0.15) is 0 Å².